The van der Waals surface area contributed by atoms with E-state index in [4.69, 9.17) is 21.3 Å². The molecule has 4 rings (SSSR count). The molecule has 0 saturated heterocycles. The molecule has 1 N–H and O–H groups in total. The zero-order valence-electron chi connectivity index (χ0n) is 21.4. The van der Waals surface area contributed by atoms with Crippen molar-refractivity contribution in [3.8, 4) is 5.75 Å². The number of fused-ring (bicyclic) bond motifs is 1. The summed E-state index contributed by atoms with van der Waals surface area (Å²) >= 11 is 5.96. The second-order valence-electron chi connectivity index (χ2n) is 10.1. The fourth-order valence-corrected chi connectivity index (χ4v) is 4.34. The van der Waals surface area contributed by atoms with Gasteiger partial charge < -0.3 is 14.6 Å². The van der Waals surface area contributed by atoms with E-state index in [1.54, 1.807) is 24.3 Å². The van der Waals surface area contributed by atoms with Gasteiger partial charge in [-0.05, 0) is 79.3 Å². The van der Waals surface area contributed by atoms with Crippen LogP contribution in [-0.2, 0) is 12.0 Å². The summed E-state index contributed by atoms with van der Waals surface area (Å²) in [6, 6.07) is 23.1. The Morgan fingerprint density at radius 2 is 1.69 bits per heavy atom. The predicted octanol–water partition coefficient (Wildman–Crippen LogP) is 7.34. The Morgan fingerprint density at radius 1 is 1.00 bits per heavy atom. The number of benzene rings is 3. The SMILES string of the molecule is CC(NC(=O)c1ccc(Cl)cc1)c1nc2ccccc2n1CCCCOc1ccc(C(C)(C)C)cc1. The van der Waals surface area contributed by atoms with Crippen LogP contribution in [0.5, 0.6) is 5.75 Å². The van der Waals surface area contributed by atoms with Gasteiger partial charge in [0.2, 0.25) is 0 Å². The Balaban J connectivity index is 1.38. The third-order valence-corrected chi connectivity index (χ3v) is 6.54. The van der Waals surface area contributed by atoms with Crippen LogP contribution in [0.25, 0.3) is 11.0 Å². The Morgan fingerprint density at radius 3 is 2.39 bits per heavy atom. The second kappa shape index (κ2) is 11.2. The molecular formula is C30H34ClN3O2. The summed E-state index contributed by atoms with van der Waals surface area (Å²) in [7, 11) is 0. The number of amides is 1. The van der Waals surface area contributed by atoms with E-state index < -0.39 is 0 Å². The van der Waals surface area contributed by atoms with E-state index in [9.17, 15) is 4.79 Å². The smallest absolute Gasteiger partial charge is 0.251 e. The fraction of sp³-hybridized carbons (Fsp3) is 0.333. The lowest BCUT2D eigenvalue weighted by Crippen LogP contribution is -2.28. The maximum atomic E-state index is 12.8. The van der Waals surface area contributed by atoms with E-state index >= 15 is 0 Å². The maximum absolute atomic E-state index is 12.8. The normalized spacial score (nSPS) is 12.5. The summed E-state index contributed by atoms with van der Waals surface area (Å²) in [5.41, 5.74) is 4.00. The maximum Gasteiger partial charge on any atom is 0.251 e. The molecule has 6 heteroatoms. The number of nitrogens with zero attached hydrogens (tertiary/aromatic N) is 2. The summed E-state index contributed by atoms with van der Waals surface area (Å²) in [6.45, 7) is 10.0. The number of para-hydroxylation sites is 2. The monoisotopic (exact) mass is 503 g/mol. The van der Waals surface area contributed by atoms with E-state index in [2.05, 4.69) is 48.9 Å². The number of hydrogen-bond acceptors (Lipinski definition) is 3. The number of hydrogen-bond donors (Lipinski definition) is 1. The van der Waals surface area contributed by atoms with Crippen molar-refractivity contribution in [2.24, 2.45) is 0 Å². The van der Waals surface area contributed by atoms with Crippen molar-refractivity contribution < 1.29 is 9.53 Å². The van der Waals surface area contributed by atoms with Crippen LogP contribution >= 0.6 is 11.6 Å². The molecule has 0 fully saturated rings. The van der Waals surface area contributed by atoms with Gasteiger partial charge in [0.05, 0.1) is 23.7 Å². The fourth-order valence-electron chi connectivity index (χ4n) is 4.22. The molecule has 0 bridgehead atoms. The van der Waals surface area contributed by atoms with Crippen LogP contribution in [0.4, 0.5) is 0 Å². The minimum Gasteiger partial charge on any atom is -0.494 e. The number of rotatable bonds is 9. The van der Waals surface area contributed by atoms with Crippen LogP contribution in [0, 0.1) is 0 Å². The van der Waals surface area contributed by atoms with Crippen molar-refractivity contribution in [3.63, 3.8) is 0 Å². The van der Waals surface area contributed by atoms with Gasteiger partial charge in [-0.1, -0.05) is 56.6 Å². The number of aryl methyl sites for hydroxylation is 1. The van der Waals surface area contributed by atoms with Crippen molar-refractivity contribution >= 4 is 28.5 Å². The Labute approximate surface area is 218 Å². The van der Waals surface area contributed by atoms with E-state index in [0.717, 1.165) is 42.0 Å². The van der Waals surface area contributed by atoms with Gasteiger partial charge in [-0.3, -0.25) is 4.79 Å². The summed E-state index contributed by atoms with van der Waals surface area (Å²) in [4.78, 5) is 17.6. The van der Waals surface area contributed by atoms with Gasteiger partial charge in [-0.25, -0.2) is 4.98 Å². The highest BCUT2D eigenvalue weighted by molar-refractivity contribution is 6.30. The number of carbonyl (C=O) groups is 1. The van der Waals surface area contributed by atoms with Gasteiger partial charge in [-0.2, -0.15) is 0 Å². The predicted molar refractivity (Wildman–Crippen MR) is 147 cm³/mol. The van der Waals surface area contributed by atoms with E-state index in [-0.39, 0.29) is 17.4 Å². The van der Waals surface area contributed by atoms with E-state index in [1.165, 1.54) is 5.56 Å². The molecule has 5 nitrogen and oxygen atoms in total. The molecule has 3 aromatic carbocycles. The first kappa shape index (κ1) is 25.8. The summed E-state index contributed by atoms with van der Waals surface area (Å²) in [5, 5.41) is 3.69. The number of unbranched alkanes of at least 4 members (excludes halogenated alkanes) is 1. The van der Waals surface area contributed by atoms with Gasteiger partial charge in [0, 0.05) is 17.1 Å². The van der Waals surface area contributed by atoms with Crippen molar-refractivity contribution in [2.45, 2.75) is 58.5 Å². The van der Waals surface area contributed by atoms with Gasteiger partial charge in [0.1, 0.15) is 11.6 Å². The van der Waals surface area contributed by atoms with Gasteiger partial charge in [0.25, 0.3) is 5.91 Å². The van der Waals surface area contributed by atoms with Gasteiger partial charge >= 0.3 is 0 Å². The van der Waals surface area contributed by atoms with Gasteiger partial charge in [0.15, 0.2) is 0 Å². The van der Waals surface area contributed by atoms with Crippen LogP contribution < -0.4 is 10.1 Å². The minimum atomic E-state index is -0.252. The lowest BCUT2D eigenvalue weighted by Gasteiger charge is -2.19. The lowest BCUT2D eigenvalue weighted by molar-refractivity contribution is 0.0937. The highest BCUT2D eigenvalue weighted by Crippen LogP contribution is 2.25. The molecule has 1 heterocycles. The van der Waals surface area contributed by atoms with Crippen LogP contribution in [0.15, 0.2) is 72.8 Å². The Bertz CT molecular complexity index is 1310. The zero-order valence-corrected chi connectivity index (χ0v) is 22.2. The Hall–Kier alpha value is -3.31. The molecule has 0 spiro atoms. The molecule has 0 aliphatic heterocycles. The number of carbonyl (C=O) groups excluding carboxylic acids is 1. The third kappa shape index (κ3) is 6.27. The van der Waals surface area contributed by atoms with Crippen LogP contribution in [0.3, 0.4) is 0 Å². The molecule has 36 heavy (non-hydrogen) atoms. The summed E-state index contributed by atoms with van der Waals surface area (Å²) < 4.78 is 8.19. The molecular weight excluding hydrogens is 470 g/mol. The molecule has 0 saturated carbocycles. The van der Waals surface area contributed by atoms with Gasteiger partial charge in [-0.15, -0.1) is 0 Å². The molecule has 1 atom stereocenters. The van der Waals surface area contributed by atoms with E-state index in [1.807, 2.05) is 37.3 Å². The topological polar surface area (TPSA) is 56.2 Å². The molecule has 1 aromatic heterocycles. The molecule has 1 amide bonds. The lowest BCUT2D eigenvalue weighted by atomic mass is 9.87. The van der Waals surface area contributed by atoms with Crippen LogP contribution in [-0.4, -0.2) is 22.1 Å². The highest BCUT2D eigenvalue weighted by atomic mass is 35.5. The molecule has 4 aromatic rings. The molecule has 1 unspecified atom stereocenters. The number of halogens is 1. The van der Waals surface area contributed by atoms with Crippen molar-refractivity contribution in [1.82, 2.24) is 14.9 Å². The molecule has 188 valence electrons. The van der Waals surface area contributed by atoms with E-state index in [0.29, 0.717) is 17.2 Å². The number of nitrogens with one attached hydrogen (secondary N) is 1. The molecule has 0 aliphatic carbocycles. The summed E-state index contributed by atoms with van der Waals surface area (Å²) in [5.74, 6) is 1.59. The average molecular weight is 504 g/mol. The van der Waals surface area contributed by atoms with Crippen LogP contribution in [0.1, 0.15) is 68.3 Å². The molecule has 0 radical (unpaired) electrons. The third-order valence-electron chi connectivity index (χ3n) is 6.29. The zero-order chi connectivity index (χ0) is 25.7. The first-order chi connectivity index (χ1) is 17.2. The van der Waals surface area contributed by atoms with Crippen molar-refractivity contribution in [1.29, 1.82) is 0 Å². The number of imidazole rings is 1. The quantitative estimate of drug-likeness (QED) is 0.243. The largest absolute Gasteiger partial charge is 0.494 e. The molecule has 0 aliphatic rings. The first-order valence-corrected chi connectivity index (χ1v) is 12.8. The average Bonchev–Trinajstić information content (AvgIpc) is 3.23. The Kier molecular flexibility index (Phi) is 8.00. The number of aromatic nitrogens is 2. The first-order valence-electron chi connectivity index (χ1n) is 12.5. The van der Waals surface area contributed by atoms with Crippen LogP contribution in [0.2, 0.25) is 5.02 Å². The van der Waals surface area contributed by atoms with Crippen molar-refractivity contribution in [2.75, 3.05) is 6.61 Å². The minimum absolute atomic E-state index is 0.134. The summed E-state index contributed by atoms with van der Waals surface area (Å²) in [6.07, 6.45) is 1.85. The van der Waals surface area contributed by atoms with Crippen molar-refractivity contribution in [3.05, 3.63) is 94.8 Å². The second-order valence-corrected chi connectivity index (χ2v) is 10.6. The standard InChI is InChI=1S/C30H34ClN3O2/c1-21(32-29(35)22-11-15-24(31)16-12-22)28-33-26-9-5-6-10-27(26)34(28)19-7-8-20-36-25-17-13-23(14-18-25)30(2,3)4/h5-6,9-18,21H,7-8,19-20H2,1-4H3,(H,32,35). The highest BCUT2D eigenvalue weighted by Gasteiger charge is 2.19. The number of ether oxygens (including phenoxy) is 1.